The van der Waals surface area contributed by atoms with E-state index in [-0.39, 0.29) is 5.69 Å². The van der Waals surface area contributed by atoms with E-state index in [9.17, 15) is 4.39 Å². The van der Waals surface area contributed by atoms with Crippen LogP contribution in [0.2, 0.25) is 0 Å². The molecular weight excluding hydrogens is 243 g/mol. The molecule has 3 nitrogen and oxygen atoms in total. The number of allylic oxidation sites excluding steroid dienone is 5. The number of pyridine rings is 1. The molecule has 1 aromatic rings. The molecule has 0 aliphatic rings. The van der Waals surface area contributed by atoms with Crippen LogP contribution in [-0.4, -0.2) is 16.4 Å². The van der Waals surface area contributed by atoms with Gasteiger partial charge in [-0.15, -0.1) is 0 Å². The van der Waals surface area contributed by atoms with E-state index in [0.717, 1.165) is 23.9 Å². The maximum Gasteiger partial charge on any atom is 0.150 e. The van der Waals surface area contributed by atoms with E-state index in [2.05, 4.69) is 16.7 Å². The smallest absolute Gasteiger partial charge is 0.150 e. The van der Waals surface area contributed by atoms with Gasteiger partial charge >= 0.3 is 0 Å². The Morgan fingerprint density at radius 3 is 2.95 bits per heavy atom. The predicted molar refractivity (Wildman–Crippen MR) is 75.0 cm³/mol. The molecule has 1 rings (SSSR count). The van der Waals surface area contributed by atoms with E-state index in [0.29, 0.717) is 6.42 Å². The van der Waals surface area contributed by atoms with Crippen molar-refractivity contribution in [2.45, 2.75) is 19.8 Å². The number of nitrogens with zero attached hydrogens (tertiary/aromatic N) is 2. The van der Waals surface area contributed by atoms with Gasteiger partial charge in [0.05, 0.1) is 6.21 Å². The summed E-state index contributed by atoms with van der Waals surface area (Å²) >= 11 is 0. The molecule has 0 radical (unpaired) electrons. The van der Waals surface area contributed by atoms with Crippen molar-refractivity contribution < 1.29 is 9.60 Å². The van der Waals surface area contributed by atoms with Gasteiger partial charge in [-0.2, -0.15) is 0 Å². The normalized spacial score (nSPS) is 12.4. The summed E-state index contributed by atoms with van der Waals surface area (Å²) < 4.78 is 13.3. The minimum Gasteiger partial charge on any atom is -0.411 e. The topological polar surface area (TPSA) is 45.5 Å². The summed E-state index contributed by atoms with van der Waals surface area (Å²) in [6.07, 6.45) is 10.1. The molecule has 0 unspecified atom stereocenters. The summed E-state index contributed by atoms with van der Waals surface area (Å²) in [5.74, 6) is -0.505. The first-order chi connectivity index (χ1) is 9.21. The summed E-state index contributed by atoms with van der Waals surface area (Å²) in [6.45, 7) is 5.69. The molecule has 0 saturated carbocycles. The highest BCUT2D eigenvalue weighted by atomic mass is 19.1. The van der Waals surface area contributed by atoms with Crippen molar-refractivity contribution >= 4 is 6.21 Å². The fourth-order valence-electron chi connectivity index (χ4n) is 1.53. The van der Waals surface area contributed by atoms with E-state index < -0.39 is 5.82 Å². The van der Waals surface area contributed by atoms with Gasteiger partial charge in [0.2, 0.25) is 0 Å². The SMILES string of the molecule is C=C/C(=C\C=C/C)CCc1ccc(F)c(/C=N/O)n1. The zero-order valence-corrected chi connectivity index (χ0v) is 10.9. The number of hydrogen-bond acceptors (Lipinski definition) is 3. The Morgan fingerprint density at radius 1 is 1.53 bits per heavy atom. The third-order valence-corrected chi connectivity index (χ3v) is 2.55. The summed E-state index contributed by atoms with van der Waals surface area (Å²) in [4.78, 5) is 4.08. The van der Waals surface area contributed by atoms with Crippen molar-refractivity contribution in [3.8, 4) is 0 Å². The second-order valence-electron chi connectivity index (χ2n) is 3.89. The molecule has 1 N–H and O–H groups in total. The maximum atomic E-state index is 13.3. The predicted octanol–water partition coefficient (Wildman–Crippen LogP) is 3.65. The van der Waals surface area contributed by atoms with Gasteiger partial charge < -0.3 is 5.21 Å². The van der Waals surface area contributed by atoms with Crippen LogP contribution >= 0.6 is 0 Å². The van der Waals surface area contributed by atoms with Crippen molar-refractivity contribution in [2.75, 3.05) is 0 Å². The quantitative estimate of drug-likeness (QED) is 0.367. The fourth-order valence-corrected chi connectivity index (χ4v) is 1.53. The molecule has 0 bridgehead atoms. The number of rotatable bonds is 6. The minimum absolute atomic E-state index is 0.0394. The van der Waals surface area contributed by atoms with E-state index >= 15 is 0 Å². The molecule has 4 heteroatoms. The number of oxime groups is 1. The van der Waals surface area contributed by atoms with Gasteiger partial charge in [0.15, 0.2) is 5.82 Å². The standard InChI is InChI=1S/C15H17FN2O/c1-3-5-6-12(4-2)7-8-13-9-10-14(16)15(18-13)11-17-19/h3-6,9-11,19H,2,7-8H2,1H3/b5-3-,12-6+,17-11+. The molecule has 0 aliphatic carbocycles. The lowest BCUT2D eigenvalue weighted by Gasteiger charge is -2.03. The Hall–Kier alpha value is -2.23. The Balaban J connectivity index is 2.77. The second-order valence-corrected chi connectivity index (χ2v) is 3.89. The van der Waals surface area contributed by atoms with E-state index in [1.165, 1.54) is 6.07 Å². The zero-order valence-electron chi connectivity index (χ0n) is 10.9. The number of aromatic nitrogens is 1. The van der Waals surface area contributed by atoms with E-state index in [1.807, 2.05) is 25.2 Å². The van der Waals surface area contributed by atoms with Crippen LogP contribution in [0.5, 0.6) is 0 Å². The van der Waals surface area contributed by atoms with Gasteiger partial charge in [-0.1, -0.05) is 36.0 Å². The lowest BCUT2D eigenvalue weighted by atomic mass is 10.1. The van der Waals surface area contributed by atoms with Gasteiger partial charge in [-0.25, -0.2) is 9.37 Å². The van der Waals surface area contributed by atoms with Crippen molar-refractivity contribution in [2.24, 2.45) is 5.16 Å². The largest absolute Gasteiger partial charge is 0.411 e. The molecule has 0 saturated heterocycles. The Labute approximate surface area is 112 Å². The van der Waals surface area contributed by atoms with Crippen LogP contribution in [0.25, 0.3) is 0 Å². The van der Waals surface area contributed by atoms with Crippen LogP contribution in [-0.2, 0) is 6.42 Å². The third kappa shape index (κ3) is 4.87. The van der Waals surface area contributed by atoms with Crippen molar-refractivity contribution in [1.29, 1.82) is 0 Å². The molecule has 0 amide bonds. The number of hydrogen-bond donors (Lipinski definition) is 1. The van der Waals surface area contributed by atoms with Gasteiger partial charge in [-0.05, 0) is 37.5 Å². The van der Waals surface area contributed by atoms with Crippen molar-refractivity contribution in [1.82, 2.24) is 4.98 Å². The molecule has 0 atom stereocenters. The first-order valence-electron chi connectivity index (χ1n) is 5.98. The molecule has 1 heterocycles. The molecule has 0 spiro atoms. The maximum absolute atomic E-state index is 13.3. The Morgan fingerprint density at radius 2 is 2.32 bits per heavy atom. The van der Waals surface area contributed by atoms with Crippen LogP contribution in [0, 0.1) is 5.82 Å². The molecule has 0 aromatic carbocycles. The fraction of sp³-hybridized carbons (Fsp3) is 0.200. The van der Waals surface area contributed by atoms with Gasteiger partial charge in [-0.3, -0.25) is 0 Å². The molecular formula is C15H17FN2O. The molecule has 19 heavy (non-hydrogen) atoms. The molecule has 0 fully saturated rings. The summed E-state index contributed by atoms with van der Waals surface area (Å²) in [6, 6.07) is 2.95. The van der Waals surface area contributed by atoms with Gasteiger partial charge in [0.25, 0.3) is 0 Å². The minimum atomic E-state index is -0.505. The molecule has 100 valence electrons. The average Bonchev–Trinajstić information content (AvgIpc) is 2.42. The lowest BCUT2D eigenvalue weighted by molar-refractivity contribution is 0.321. The third-order valence-electron chi connectivity index (χ3n) is 2.55. The van der Waals surface area contributed by atoms with E-state index in [1.54, 1.807) is 12.1 Å². The number of halogens is 1. The monoisotopic (exact) mass is 260 g/mol. The second kappa shape index (κ2) is 7.97. The summed E-state index contributed by atoms with van der Waals surface area (Å²) in [7, 11) is 0. The van der Waals surface area contributed by atoms with Crippen LogP contribution in [0.1, 0.15) is 24.7 Å². The Bertz CT molecular complexity index is 519. The van der Waals surface area contributed by atoms with Crippen LogP contribution in [0.15, 0.2) is 53.7 Å². The van der Waals surface area contributed by atoms with Crippen molar-refractivity contribution in [3.63, 3.8) is 0 Å². The van der Waals surface area contributed by atoms with Crippen LogP contribution in [0.4, 0.5) is 4.39 Å². The summed E-state index contributed by atoms with van der Waals surface area (Å²) in [5, 5.41) is 11.2. The number of aryl methyl sites for hydroxylation is 1. The zero-order chi connectivity index (χ0) is 14.1. The average molecular weight is 260 g/mol. The van der Waals surface area contributed by atoms with Gasteiger partial charge in [0.1, 0.15) is 5.69 Å². The first kappa shape index (κ1) is 14.8. The summed E-state index contributed by atoms with van der Waals surface area (Å²) in [5.41, 5.74) is 1.86. The van der Waals surface area contributed by atoms with E-state index in [4.69, 9.17) is 5.21 Å². The lowest BCUT2D eigenvalue weighted by Crippen LogP contribution is -1.99. The highest BCUT2D eigenvalue weighted by Gasteiger charge is 2.04. The first-order valence-corrected chi connectivity index (χ1v) is 5.98. The van der Waals surface area contributed by atoms with Crippen LogP contribution < -0.4 is 0 Å². The molecule has 1 aromatic heterocycles. The Kier molecular flexibility index (Phi) is 6.22. The highest BCUT2D eigenvalue weighted by molar-refractivity contribution is 5.76. The van der Waals surface area contributed by atoms with Crippen LogP contribution in [0.3, 0.4) is 0 Å². The molecule has 0 aliphatic heterocycles. The van der Waals surface area contributed by atoms with Crippen molar-refractivity contribution in [3.05, 3.63) is 65.8 Å². The highest BCUT2D eigenvalue weighted by Crippen LogP contribution is 2.11. The van der Waals surface area contributed by atoms with Gasteiger partial charge in [0, 0.05) is 5.69 Å².